The molecule has 0 radical (unpaired) electrons. The van der Waals surface area contributed by atoms with Crippen LogP contribution in [0.5, 0.6) is 11.5 Å². The van der Waals surface area contributed by atoms with Crippen molar-refractivity contribution >= 4 is 16.5 Å². The fourth-order valence-electron chi connectivity index (χ4n) is 2.66. The summed E-state index contributed by atoms with van der Waals surface area (Å²) in [6.07, 6.45) is 1.67. The third-order valence-electron chi connectivity index (χ3n) is 4.01. The van der Waals surface area contributed by atoms with Crippen molar-refractivity contribution in [2.24, 2.45) is 0 Å². The monoisotopic (exact) mass is 370 g/mol. The molecule has 3 N–H and O–H groups in total. The molecule has 7 heteroatoms. The summed E-state index contributed by atoms with van der Waals surface area (Å²) in [4.78, 5) is 4.26. The lowest BCUT2D eigenvalue weighted by atomic mass is 10.00. The van der Waals surface area contributed by atoms with Gasteiger partial charge in [0.2, 0.25) is 0 Å². The zero-order chi connectivity index (χ0) is 18.7. The lowest BCUT2D eigenvalue weighted by Crippen LogP contribution is -1.96. The average molecular weight is 370 g/mol. The van der Waals surface area contributed by atoms with Crippen molar-refractivity contribution in [2.45, 2.75) is 5.75 Å². The third-order valence-corrected chi connectivity index (χ3v) is 4.63. The van der Waals surface area contributed by atoms with Crippen LogP contribution in [0, 0.1) is 0 Å². The van der Waals surface area contributed by atoms with Gasteiger partial charge in [-0.2, -0.15) is 0 Å². The summed E-state index contributed by atoms with van der Waals surface area (Å²) >= 11 is 0. The molecular weight excluding hydrogens is 352 g/mol. The van der Waals surface area contributed by atoms with E-state index in [2.05, 4.69) is 4.98 Å². The van der Waals surface area contributed by atoms with Crippen LogP contribution >= 0.6 is 0 Å². The van der Waals surface area contributed by atoms with E-state index in [0.717, 1.165) is 22.3 Å². The number of phenols is 1. The molecule has 3 aromatic rings. The van der Waals surface area contributed by atoms with E-state index in [-0.39, 0.29) is 11.5 Å². The van der Waals surface area contributed by atoms with Gasteiger partial charge in [0.05, 0.1) is 12.9 Å². The number of thiol groups is 1. The first-order valence-electron chi connectivity index (χ1n) is 7.82. The number of phenolic OH excluding ortho intramolecular Hbond substituents is 1. The van der Waals surface area contributed by atoms with Crippen LogP contribution in [0.1, 0.15) is 5.56 Å². The molecule has 0 spiro atoms. The molecule has 0 atom stereocenters. The van der Waals surface area contributed by atoms with E-state index in [0.29, 0.717) is 17.1 Å². The van der Waals surface area contributed by atoms with Gasteiger partial charge in [0.1, 0.15) is 16.5 Å². The molecule has 0 aliphatic carbocycles. The van der Waals surface area contributed by atoms with E-state index in [1.54, 1.807) is 36.5 Å². The van der Waals surface area contributed by atoms with Crippen molar-refractivity contribution in [3.63, 3.8) is 0 Å². The summed E-state index contributed by atoms with van der Waals surface area (Å²) in [5.74, 6) is 0.782. The van der Waals surface area contributed by atoms with Crippen LogP contribution in [0.25, 0.3) is 22.3 Å². The van der Waals surface area contributed by atoms with Gasteiger partial charge in [-0.05, 0) is 34.9 Å². The number of nitrogens with zero attached hydrogens (tertiary/aromatic N) is 1. The molecule has 6 nitrogen and oxygen atoms in total. The Balaban J connectivity index is 2.00. The largest absolute Gasteiger partial charge is 0.504 e. The Morgan fingerprint density at radius 2 is 1.73 bits per heavy atom. The Kier molecular flexibility index (Phi) is 5.09. The molecule has 0 aliphatic heterocycles. The molecule has 0 fully saturated rings. The highest BCUT2D eigenvalue weighted by Crippen LogP contribution is 2.35. The molecule has 1 heterocycles. The van der Waals surface area contributed by atoms with E-state index in [9.17, 15) is 13.5 Å². The fraction of sp³-hybridized carbons (Fsp3) is 0.105. The van der Waals surface area contributed by atoms with Crippen LogP contribution in [0.3, 0.4) is 0 Å². The summed E-state index contributed by atoms with van der Waals surface area (Å²) < 4.78 is 26.8. The highest BCUT2D eigenvalue weighted by Gasteiger charge is 2.10. The minimum absolute atomic E-state index is 0.0220. The summed E-state index contributed by atoms with van der Waals surface area (Å²) in [6.45, 7) is 0. The zero-order valence-corrected chi connectivity index (χ0v) is 14.9. The Bertz CT molecular complexity index is 1010. The molecule has 26 heavy (non-hydrogen) atoms. The van der Waals surface area contributed by atoms with E-state index < -0.39 is 10.7 Å². The van der Waals surface area contributed by atoms with Gasteiger partial charge in [0.25, 0.3) is 0 Å². The topological polar surface area (TPSA) is 103 Å². The third kappa shape index (κ3) is 3.78. The zero-order valence-electron chi connectivity index (χ0n) is 14.0. The molecule has 0 bridgehead atoms. The second-order valence-corrected chi connectivity index (χ2v) is 6.71. The molecule has 0 unspecified atom stereocenters. The summed E-state index contributed by atoms with van der Waals surface area (Å²) in [7, 11) is -0.969. The van der Waals surface area contributed by atoms with Crippen molar-refractivity contribution < 1.29 is 18.3 Å². The van der Waals surface area contributed by atoms with Crippen molar-refractivity contribution in [1.29, 1.82) is 0 Å². The summed E-state index contributed by atoms with van der Waals surface area (Å²) in [6, 6.07) is 14.1. The molecule has 3 rings (SSSR count). The lowest BCUT2D eigenvalue weighted by molar-refractivity contribution is 0.373. The Morgan fingerprint density at radius 3 is 2.38 bits per heavy atom. The second-order valence-electron chi connectivity index (χ2n) is 5.73. The van der Waals surface area contributed by atoms with Crippen LogP contribution in [0.4, 0.5) is 5.82 Å². The molecule has 1 aromatic heterocycles. The number of anilines is 1. The lowest BCUT2D eigenvalue weighted by Gasteiger charge is -2.11. The first-order chi connectivity index (χ1) is 12.5. The van der Waals surface area contributed by atoms with Gasteiger partial charge in [-0.15, -0.1) is 0 Å². The molecule has 2 aromatic carbocycles. The van der Waals surface area contributed by atoms with Crippen LogP contribution in [-0.4, -0.2) is 25.6 Å². The number of nitrogen functional groups attached to an aromatic ring is 1. The molecule has 134 valence electrons. The second kappa shape index (κ2) is 7.45. The minimum Gasteiger partial charge on any atom is -0.504 e. The summed E-state index contributed by atoms with van der Waals surface area (Å²) in [5, 5.41) is 9.76. The van der Waals surface area contributed by atoms with E-state index in [4.69, 9.17) is 10.5 Å². The average Bonchev–Trinajstić information content (AvgIpc) is 2.63. The van der Waals surface area contributed by atoms with Crippen LogP contribution in [-0.2, 0) is 16.5 Å². The van der Waals surface area contributed by atoms with Gasteiger partial charge >= 0.3 is 0 Å². The van der Waals surface area contributed by atoms with Gasteiger partial charge in [-0.25, -0.2) is 13.4 Å². The van der Waals surface area contributed by atoms with Crippen molar-refractivity contribution in [3.8, 4) is 33.8 Å². The number of pyridine rings is 1. The van der Waals surface area contributed by atoms with Gasteiger partial charge < -0.3 is 15.6 Å². The number of methoxy groups -OCH3 is 1. The SMILES string of the molecule is COc1cc(-c2cc(-c3ccc(C[SH](=O)=O)cc3)cnc2N)ccc1O. The molecule has 0 aliphatic rings. The van der Waals surface area contributed by atoms with Crippen molar-refractivity contribution in [2.75, 3.05) is 12.8 Å². The van der Waals surface area contributed by atoms with Crippen molar-refractivity contribution in [3.05, 3.63) is 60.3 Å². The van der Waals surface area contributed by atoms with Crippen LogP contribution in [0.15, 0.2) is 54.7 Å². The molecule has 0 saturated carbocycles. The number of ether oxygens (including phenoxy) is 1. The number of rotatable bonds is 5. The highest BCUT2D eigenvalue weighted by molar-refractivity contribution is 7.71. The number of hydrogen-bond acceptors (Lipinski definition) is 6. The summed E-state index contributed by atoms with van der Waals surface area (Å²) in [5.41, 5.74) is 9.99. The van der Waals surface area contributed by atoms with E-state index >= 15 is 0 Å². The van der Waals surface area contributed by atoms with E-state index in [1.807, 2.05) is 18.2 Å². The van der Waals surface area contributed by atoms with Crippen LogP contribution in [0.2, 0.25) is 0 Å². The smallest absolute Gasteiger partial charge is 0.161 e. The maximum Gasteiger partial charge on any atom is 0.161 e. The Labute approximate surface area is 152 Å². The van der Waals surface area contributed by atoms with Gasteiger partial charge in [0, 0.05) is 17.3 Å². The van der Waals surface area contributed by atoms with Gasteiger partial charge in [-0.1, -0.05) is 30.3 Å². The number of aromatic nitrogens is 1. The Morgan fingerprint density at radius 1 is 1.04 bits per heavy atom. The molecule has 0 amide bonds. The minimum atomic E-state index is -2.45. The first-order valence-corrected chi connectivity index (χ1v) is 9.18. The van der Waals surface area contributed by atoms with Crippen LogP contribution < -0.4 is 10.5 Å². The fourth-order valence-corrected chi connectivity index (χ4v) is 3.17. The van der Waals surface area contributed by atoms with E-state index in [1.165, 1.54) is 7.11 Å². The maximum absolute atomic E-state index is 10.8. The maximum atomic E-state index is 10.8. The van der Waals surface area contributed by atoms with Crippen molar-refractivity contribution in [1.82, 2.24) is 4.98 Å². The quantitative estimate of drug-likeness (QED) is 0.597. The van der Waals surface area contributed by atoms with Gasteiger partial charge in [-0.3, -0.25) is 0 Å². The molecule has 0 saturated heterocycles. The number of aromatic hydroxyl groups is 1. The number of hydrogen-bond donors (Lipinski definition) is 3. The number of benzene rings is 2. The Hall–Kier alpha value is -3.06. The first kappa shape index (κ1) is 17.8. The normalized spacial score (nSPS) is 10.8. The predicted molar refractivity (Wildman–Crippen MR) is 102 cm³/mol. The number of nitrogens with two attached hydrogens (primary N) is 1. The van der Waals surface area contributed by atoms with Gasteiger partial charge in [0.15, 0.2) is 11.5 Å². The highest BCUT2D eigenvalue weighted by atomic mass is 32.2. The molecular formula is C19H18N2O4S. The standard InChI is InChI=1S/C19H18N2O4S/c1-25-18-9-14(6-7-17(18)22)16-8-15(10-21-19(16)20)13-4-2-12(3-5-13)11-26(23)24/h2-10,22,26H,11H2,1H3,(H2,20,21). The predicted octanol–water partition coefficient (Wildman–Crippen LogP) is 2.82.